The van der Waals surface area contributed by atoms with Crippen molar-refractivity contribution in [3.63, 3.8) is 0 Å². The van der Waals surface area contributed by atoms with Crippen LogP contribution in [0, 0.1) is 5.82 Å². The van der Waals surface area contributed by atoms with Crippen molar-refractivity contribution in [1.82, 2.24) is 10.6 Å². The molecule has 1 aliphatic heterocycles. The van der Waals surface area contributed by atoms with Gasteiger partial charge in [0.15, 0.2) is 0 Å². The molecule has 126 valence electrons. The van der Waals surface area contributed by atoms with Crippen LogP contribution in [0.1, 0.15) is 22.8 Å². The maximum atomic E-state index is 13.0. The van der Waals surface area contributed by atoms with Gasteiger partial charge in [0.05, 0.1) is 12.1 Å². The standard InChI is InChI=1S/C19H21FN2O2/c1-24-18(13-6-8-16(20)9-7-13)12-22-19(23)17-10-14-4-2-3-5-15(14)11-21-17/h2-9,17-18,21H,10-12H2,1H3,(H,22,23)/t17-,18+/m0/s1. The Bertz CT molecular complexity index is 703. The van der Waals surface area contributed by atoms with Gasteiger partial charge < -0.3 is 15.4 Å². The zero-order valence-electron chi connectivity index (χ0n) is 13.6. The van der Waals surface area contributed by atoms with E-state index in [1.165, 1.54) is 23.3 Å². The molecule has 0 radical (unpaired) electrons. The number of hydrogen-bond donors (Lipinski definition) is 2. The SMILES string of the molecule is CO[C@H](CNC(=O)[C@@H]1Cc2ccccc2CN1)c1ccc(F)cc1. The molecule has 0 spiro atoms. The highest BCUT2D eigenvalue weighted by Crippen LogP contribution is 2.18. The van der Waals surface area contributed by atoms with Crippen molar-refractivity contribution in [3.05, 3.63) is 71.0 Å². The van der Waals surface area contributed by atoms with Crippen LogP contribution in [0.15, 0.2) is 48.5 Å². The summed E-state index contributed by atoms with van der Waals surface area (Å²) in [6, 6.07) is 14.0. The third-order valence-electron chi connectivity index (χ3n) is 4.39. The van der Waals surface area contributed by atoms with E-state index >= 15 is 0 Å². The molecule has 4 nitrogen and oxygen atoms in total. The predicted molar refractivity (Wildman–Crippen MR) is 89.9 cm³/mol. The Labute approximate surface area is 141 Å². The number of ether oxygens (including phenoxy) is 1. The molecule has 3 rings (SSSR count). The van der Waals surface area contributed by atoms with Gasteiger partial charge in [-0.3, -0.25) is 4.79 Å². The van der Waals surface area contributed by atoms with Gasteiger partial charge >= 0.3 is 0 Å². The van der Waals surface area contributed by atoms with Gasteiger partial charge in [0, 0.05) is 20.2 Å². The minimum absolute atomic E-state index is 0.0475. The van der Waals surface area contributed by atoms with E-state index in [2.05, 4.69) is 22.8 Å². The van der Waals surface area contributed by atoms with Crippen molar-refractivity contribution in [2.45, 2.75) is 25.1 Å². The molecule has 24 heavy (non-hydrogen) atoms. The molecule has 1 aliphatic rings. The van der Waals surface area contributed by atoms with Crippen LogP contribution in [0.5, 0.6) is 0 Å². The van der Waals surface area contributed by atoms with E-state index in [4.69, 9.17) is 4.74 Å². The molecule has 2 aromatic carbocycles. The van der Waals surface area contributed by atoms with Crippen LogP contribution >= 0.6 is 0 Å². The predicted octanol–water partition coefficient (Wildman–Crippen LogP) is 2.34. The molecule has 5 heteroatoms. The molecular formula is C19H21FN2O2. The number of fused-ring (bicyclic) bond motifs is 1. The lowest BCUT2D eigenvalue weighted by molar-refractivity contribution is -0.123. The summed E-state index contributed by atoms with van der Waals surface area (Å²) in [6.45, 7) is 1.04. The zero-order valence-corrected chi connectivity index (χ0v) is 13.6. The van der Waals surface area contributed by atoms with Crippen molar-refractivity contribution < 1.29 is 13.9 Å². The number of carbonyl (C=O) groups is 1. The highest BCUT2D eigenvalue weighted by Gasteiger charge is 2.24. The van der Waals surface area contributed by atoms with E-state index in [-0.39, 0.29) is 23.9 Å². The van der Waals surface area contributed by atoms with E-state index in [1.54, 1.807) is 19.2 Å². The summed E-state index contributed by atoms with van der Waals surface area (Å²) in [5, 5.41) is 6.19. The third kappa shape index (κ3) is 3.80. The lowest BCUT2D eigenvalue weighted by atomic mass is 9.95. The van der Waals surface area contributed by atoms with Gasteiger partial charge in [-0.15, -0.1) is 0 Å². The van der Waals surface area contributed by atoms with E-state index in [1.807, 2.05) is 12.1 Å². The van der Waals surface area contributed by atoms with Crippen LogP contribution in [0.25, 0.3) is 0 Å². The van der Waals surface area contributed by atoms with Gasteiger partial charge in [-0.25, -0.2) is 4.39 Å². The Morgan fingerprint density at radius 2 is 1.96 bits per heavy atom. The summed E-state index contributed by atoms with van der Waals surface area (Å²) in [7, 11) is 1.58. The first-order valence-electron chi connectivity index (χ1n) is 8.03. The maximum Gasteiger partial charge on any atom is 0.237 e. The van der Waals surface area contributed by atoms with Crippen molar-refractivity contribution >= 4 is 5.91 Å². The molecule has 0 fully saturated rings. The molecule has 2 aromatic rings. The molecule has 0 unspecified atom stereocenters. The Kier molecular flexibility index (Phi) is 5.23. The van der Waals surface area contributed by atoms with Crippen LogP contribution in [-0.4, -0.2) is 25.6 Å². The second-order valence-electron chi connectivity index (χ2n) is 5.93. The summed E-state index contributed by atoms with van der Waals surface area (Å²) in [6.07, 6.45) is 0.376. The summed E-state index contributed by atoms with van der Waals surface area (Å²) >= 11 is 0. The van der Waals surface area contributed by atoms with E-state index in [9.17, 15) is 9.18 Å². The van der Waals surface area contributed by atoms with Crippen LogP contribution in [0.2, 0.25) is 0 Å². The Balaban J connectivity index is 1.58. The fraction of sp³-hybridized carbons (Fsp3) is 0.316. The maximum absolute atomic E-state index is 13.0. The molecule has 0 bridgehead atoms. The van der Waals surface area contributed by atoms with Gasteiger partial charge in [0.2, 0.25) is 5.91 Å². The highest BCUT2D eigenvalue weighted by molar-refractivity contribution is 5.82. The number of carbonyl (C=O) groups excluding carboxylic acids is 1. The summed E-state index contributed by atoms with van der Waals surface area (Å²) in [5.74, 6) is -0.337. The second-order valence-corrected chi connectivity index (χ2v) is 5.93. The fourth-order valence-corrected chi connectivity index (χ4v) is 2.97. The van der Waals surface area contributed by atoms with Gasteiger partial charge in [-0.1, -0.05) is 36.4 Å². The normalized spacial score (nSPS) is 17.8. The van der Waals surface area contributed by atoms with Crippen molar-refractivity contribution in [2.75, 3.05) is 13.7 Å². The minimum Gasteiger partial charge on any atom is -0.375 e. The van der Waals surface area contributed by atoms with Gasteiger partial charge in [0.1, 0.15) is 5.82 Å². The number of nitrogens with one attached hydrogen (secondary N) is 2. The Morgan fingerprint density at radius 3 is 2.67 bits per heavy atom. The van der Waals surface area contributed by atoms with Gasteiger partial charge in [-0.05, 0) is 35.2 Å². The van der Waals surface area contributed by atoms with E-state index in [0.717, 1.165) is 5.56 Å². The number of methoxy groups -OCH3 is 1. The number of halogens is 1. The molecule has 1 amide bonds. The lowest BCUT2D eigenvalue weighted by Gasteiger charge is -2.26. The quantitative estimate of drug-likeness (QED) is 0.886. The Morgan fingerprint density at radius 1 is 1.25 bits per heavy atom. The Hall–Kier alpha value is -2.24. The largest absolute Gasteiger partial charge is 0.375 e. The smallest absolute Gasteiger partial charge is 0.237 e. The molecule has 1 heterocycles. The van der Waals surface area contributed by atoms with Gasteiger partial charge in [-0.2, -0.15) is 0 Å². The highest BCUT2D eigenvalue weighted by atomic mass is 19.1. The number of benzene rings is 2. The number of amides is 1. The van der Waals surface area contributed by atoms with Crippen molar-refractivity contribution in [2.24, 2.45) is 0 Å². The van der Waals surface area contributed by atoms with Crippen molar-refractivity contribution in [3.8, 4) is 0 Å². The van der Waals surface area contributed by atoms with E-state index < -0.39 is 0 Å². The molecule has 0 saturated carbocycles. The van der Waals surface area contributed by atoms with E-state index in [0.29, 0.717) is 19.5 Å². The average Bonchev–Trinajstić information content (AvgIpc) is 2.63. The lowest BCUT2D eigenvalue weighted by Crippen LogP contribution is -2.48. The van der Waals surface area contributed by atoms with Gasteiger partial charge in [0.25, 0.3) is 0 Å². The topological polar surface area (TPSA) is 50.4 Å². The molecular weight excluding hydrogens is 307 g/mol. The second kappa shape index (κ2) is 7.55. The summed E-state index contributed by atoms with van der Waals surface area (Å²) < 4.78 is 18.4. The first-order chi connectivity index (χ1) is 11.7. The number of rotatable bonds is 5. The summed E-state index contributed by atoms with van der Waals surface area (Å²) in [4.78, 5) is 12.4. The molecule has 0 aromatic heterocycles. The van der Waals surface area contributed by atoms with Crippen LogP contribution in [-0.2, 0) is 22.5 Å². The van der Waals surface area contributed by atoms with Crippen LogP contribution in [0.4, 0.5) is 4.39 Å². The average molecular weight is 328 g/mol. The monoisotopic (exact) mass is 328 g/mol. The minimum atomic E-state index is -0.301. The first kappa shape index (κ1) is 16.6. The number of hydrogen-bond acceptors (Lipinski definition) is 3. The van der Waals surface area contributed by atoms with Crippen LogP contribution < -0.4 is 10.6 Å². The van der Waals surface area contributed by atoms with Crippen LogP contribution in [0.3, 0.4) is 0 Å². The third-order valence-corrected chi connectivity index (χ3v) is 4.39. The fourth-order valence-electron chi connectivity index (χ4n) is 2.97. The van der Waals surface area contributed by atoms with Crippen molar-refractivity contribution in [1.29, 1.82) is 0 Å². The summed E-state index contributed by atoms with van der Waals surface area (Å²) in [5.41, 5.74) is 3.28. The molecule has 2 N–H and O–H groups in total. The molecule has 0 saturated heterocycles. The molecule has 0 aliphatic carbocycles. The first-order valence-corrected chi connectivity index (χ1v) is 8.03. The molecule has 2 atom stereocenters. The zero-order chi connectivity index (χ0) is 16.9.